The molecule has 0 unspecified atom stereocenters. The molecule has 1 saturated carbocycles. The minimum Gasteiger partial charge on any atom is -0.481 e. The van der Waals surface area contributed by atoms with Crippen molar-refractivity contribution in [2.45, 2.75) is 52.1 Å². The Kier molecular flexibility index (Phi) is 26.3. The van der Waals surface area contributed by atoms with Gasteiger partial charge in [0.2, 0.25) is 0 Å². The number of rotatable bonds is 30. The fourth-order valence-electron chi connectivity index (χ4n) is 4.12. The van der Waals surface area contributed by atoms with E-state index in [0.29, 0.717) is 131 Å². The lowest BCUT2D eigenvalue weighted by atomic mass is 9.82. The van der Waals surface area contributed by atoms with Crippen molar-refractivity contribution >= 4 is 12.1 Å². The third kappa shape index (κ3) is 28.3. The van der Waals surface area contributed by atoms with Gasteiger partial charge in [-0.05, 0) is 52.4 Å². The number of ether oxygens (including phenoxy) is 10. The summed E-state index contributed by atoms with van der Waals surface area (Å²) >= 11 is 0. The summed E-state index contributed by atoms with van der Waals surface area (Å²) in [5, 5.41) is 11.7. The van der Waals surface area contributed by atoms with E-state index in [9.17, 15) is 9.59 Å². The lowest BCUT2D eigenvalue weighted by Crippen LogP contribution is -2.34. The van der Waals surface area contributed by atoms with Gasteiger partial charge in [0.25, 0.3) is 0 Å². The topological polar surface area (TPSA) is 159 Å². The van der Waals surface area contributed by atoms with Crippen LogP contribution in [0.15, 0.2) is 0 Å². The van der Waals surface area contributed by atoms with Gasteiger partial charge in [0.15, 0.2) is 0 Å². The molecule has 1 fully saturated rings. The van der Waals surface area contributed by atoms with Gasteiger partial charge in [-0.1, -0.05) is 0 Å². The Morgan fingerprint density at radius 2 is 0.889 bits per heavy atom. The van der Waals surface area contributed by atoms with Gasteiger partial charge in [-0.15, -0.1) is 0 Å². The Morgan fingerprint density at radius 1 is 0.556 bits per heavy atom. The van der Waals surface area contributed by atoms with E-state index in [1.807, 2.05) is 20.8 Å². The van der Waals surface area contributed by atoms with Crippen molar-refractivity contribution in [3.05, 3.63) is 0 Å². The van der Waals surface area contributed by atoms with Crippen molar-refractivity contribution in [2.24, 2.45) is 11.8 Å². The van der Waals surface area contributed by atoms with E-state index >= 15 is 0 Å². The van der Waals surface area contributed by atoms with Crippen LogP contribution < -0.4 is 5.32 Å². The molecule has 1 amide bonds. The van der Waals surface area contributed by atoms with E-state index < -0.39 is 17.7 Å². The zero-order valence-electron chi connectivity index (χ0n) is 27.8. The van der Waals surface area contributed by atoms with Crippen molar-refractivity contribution in [3.8, 4) is 0 Å². The normalized spacial score (nSPS) is 17.0. The molecule has 0 aromatic rings. The molecule has 2 N–H and O–H groups in total. The van der Waals surface area contributed by atoms with Crippen molar-refractivity contribution in [1.82, 2.24) is 5.32 Å². The fourth-order valence-corrected chi connectivity index (χ4v) is 4.12. The van der Waals surface area contributed by atoms with Gasteiger partial charge in [0.1, 0.15) is 5.60 Å². The van der Waals surface area contributed by atoms with E-state index in [4.69, 9.17) is 52.5 Å². The summed E-state index contributed by atoms with van der Waals surface area (Å²) in [6.45, 7) is 14.7. The van der Waals surface area contributed by atoms with Crippen LogP contribution in [0.25, 0.3) is 0 Å². The minimum atomic E-state index is -0.675. The second kappa shape index (κ2) is 28.6. The molecule has 14 heteroatoms. The summed E-state index contributed by atoms with van der Waals surface area (Å²) in [7, 11) is 0. The van der Waals surface area contributed by atoms with Gasteiger partial charge in [0.05, 0.1) is 118 Å². The summed E-state index contributed by atoms with van der Waals surface area (Å²) < 4.78 is 54.4. The van der Waals surface area contributed by atoms with Gasteiger partial charge in [-0.3, -0.25) is 4.79 Å². The average molecular weight is 654 g/mol. The molecular weight excluding hydrogens is 594 g/mol. The largest absolute Gasteiger partial charge is 0.481 e. The molecule has 1 aliphatic rings. The van der Waals surface area contributed by atoms with Gasteiger partial charge in [0, 0.05) is 13.2 Å². The molecule has 0 radical (unpaired) electrons. The molecule has 0 heterocycles. The average Bonchev–Trinajstić information content (AvgIpc) is 2.99. The van der Waals surface area contributed by atoms with Crippen LogP contribution in [0.5, 0.6) is 0 Å². The lowest BCUT2D eigenvalue weighted by Gasteiger charge is -2.25. The molecule has 266 valence electrons. The van der Waals surface area contributed by atoms with E-state index in [0.717, 1.165) is 25.7 Å². The first-order valence-corrected chi connectivity index (χ1v) is 16.2. The highest BCUT2D eigenvalue weighted by Gasteiger charge is 2.25. The monoisotopic (exact) mass is 653 g/mol. The summed E-state index contributed by atoms with van der Waals surface area (Å²) in [6, 6.07) is 0. The maximum absolute atomic E-state index is 11.5. The highest BCUT2D eigenvalue weighted by molar-refractivity contribution is 5.70. The quantitative estimate of drug-likeness (QED) is 0.109. The van der Waals surface area contributed by atoms with Crippen LogP contribution in [0.1, 0.15) is 46.5 Å². The van der Waals surface area contributed by atoms with Gasteiger partial charge >= 0.3 is 12.1 Å². The van der Waals surface area contributed by atoms with Crippen molar-refractivity contribution in [2.75, 3.05) is 125 Å². The van der Waals surface area contributed by atoms with E-state index in [2.05, 4.69) is 5.32 Å². The number of hydrogen-bond acceptors (Lipinski definition) is 12. The maximum atomic E-state index is 11.5. The van der Waals surface area contributed by atoms with Crippen molar-refractivity contribution < 1.29 is 62.1 Å². The Balaban J connectivity index is 1.66. The number of carbonyl (C=O) groups excluding carboxylic acids is 1. The zero-order valence-corrected chi connectivity index (χ0v) is 27.8. The number of aliphatic carboxylic acids is 1. The maximum Gasteiger partial charge on any atom is 0.407 e. The smallest absolute Gasteiger partial charge is 0.407 e. The van der Waals surface area contributed by atoms with Crippen LogP contribution in [0.3, 0.4) is 0 Å². The van der Waals surface area contributed by atoms with Crippen molar-refractivity contribution in [3.63, 3.8) is 0 Å². The molecule has 0 aromatic carbocycles. The standard InChI is InChI=1S/C31H59NO13/c1-31(2,3)45-30(35)32-8-9-36-10-11-37-12-13-38-14-15-39-16-17-40-18-19-41-20-21-42-22-23-43-24-25-44-26-27-4-6-28(7-5-27)29(33)34/h27-28H,4-26H2,1-3H3,(H,32,35)(H,33,34). The number of carboxylic acid groups (broad SMARTS) is 1. The van der Waals surface area contributed by atoms with Crippen LogP contribution >= 0.6 is 0 Å². The SMILES string of the molecule is CC(C)(C)OC(=O)NCCOCCOCCOCCOCCOCCOCCOCCOCCOCC1CCC(C(=O)O)CC1. The molecule has 0 atom stereocenters. The Labute approximate surface area is 268 Å². The van der Waals surface area contributed by atoms with E-state index in [1.165, 1.54) is 0 Å². The molecule has 1 aliphatic carbocycles. The van der Waals surface area contributed by atoms with Crippen LogP contribution in [0, 0.1) is 11.8 Å². The predicted molar refractivity (Wildman–Crippen MR) is 165 cm³/mol. The number of nitrogens with one attached hydrogen (secondary N) is 1. The van der Waals surface area contributed by atoms with Crippen LogP contribution in [-0.4, -0.2) is 148 Å². The van der Waals surface area contributed by atoms with Crippen LogP contribution in [-0.2, 0) is 52.2 Å². The molecule has 0 bridgehead atoms. The highest BCUT2D eigenvalue weighted by Crippen LogP contribution is 2.28. The number of hydrogen-bond donors (Lipinski definition) is 2. The van der Waals surface area contributed by atoms with Gasteiger partial charge in [-0.2, -0.15) is 0 Å². The summed E-state index contributed by atoms with van der Waals surface area (Å²) in [4.78, 5) is 22.5. The highest BCUT2D eigenvalue weighted by atomic mass is 16.6. The first-order chi connectivity index (χ1) is 21.8. The Hall–Kier alpha value is -1.62. The van der Waals surface area contributed by atoms with Crippen LogP contribution in [0.4, 0.5) is 4.79 Å². The summed E-state index contributed by atoms with van der Waals surface area (Å²) in [6.07, 6.45) is 2.88. The predicted octanol–water partition coefficient (Wildman–Crippen LogP) is 2.55. The Bertz CT molecular complexity index is 699. The molecule has 0 spiro atoms. The van der Waals surface area contributed by atoms with E-state index in [-0.39, 0.29) is 5.92 Å². The van der Waals surface area contributed by atoms with Crippen molar-refractivity contribution in [1.29, 1.82) is 0 Å². The van der Waals surface area contributed by atoms with Gasteiger partial charge in [-0.25, -0.2) is 4.79 Å². The third-order valence-electron chi connectivity index (χ3n) is 6.44. The second-order valence-electron chi connectivity index (χ2n) is 11.5. The minimum absolute atomic E-state index is 0.182. The fraction of sp³-hybridized carbons (Fsp3) is 0.935. The lowest BCUT2D eigenvalue weighted by molar-refractivity contribution is -0.143. The molecule has 14 nitrogen and oxygen atoms in total. The number of amides is 1. The number of alkyl carbamates (subject to hydrolysis) is 1. The molecule has 45 heavy (non-hydrogen) atoms. The number of carboxylic acids is 1. The molecule has 0 aromatic heterocycles. The second-order valence-corrected chi connectivity index (χ2v) is 11.5. The zero-order chi connectivity index (χ0) is 32.9. The molecule has 0 aliphatic heterocycles. The Morgan fingerprint density at radius 3 is 1.22 bits per heavy atom. The number of carbonyl (C=O) groups is 2. The summed E-state index contributed by atoms with van der Waals surface area (Å²) in [5.74, 6) is -0.399. The molecule has 1 rings (SSSR count). The first-order valence-electron chi connectivity index (χ1n) is 16.2. The summed E-state index contributed by atoms with van der Waals surface area (Å²) in [5.41, 5.74) is -0.513. The first kappa shape index (κ1) is 41.4. The van der Waals surface area contributed by atoms with Crippen LogP contribution in [0.2, 0.25) is 0 Å². The third-order valence-corrected chi connectivity index (χ3v) is 6.44. The molecule has 0 saturated heterocycles. The molecular formula is C31H59NO13. The van der Waals surface area contributed by atoms with Gasteiger partial charge < -0.3 is 57.8 Å². The van der Waals surface area contributed by atoms with E-state index in [1.54, 1.807) is 0 Å².